The van der Waals surface area contributed by atoms with Gasteiger partial charge in [-0.2, -0.15) is 0 Å². The quantitative estimate of drug-likeness (QED) is 0.663. The molecule has 0 saturated heterocycles. The molecule has 4 aliphatic rings. The summed E-state index contributed by atoms with van der Waals surface area (Å²) in [7, 11) is 0. The minimum atomic E-state index is -0.528. The third kappa shape index (κ3) is 1.71. The molecule has 0 aromatic carbocycles. The molecule has 4 fully saturated rings. The Morgan fingerprint density at radius 1 is 0.762 bits per heavy atom. The zero-order valence-electron chi connectivity index (χ0n) is 13.5. The Kier molecular flexibility index (Phi) is 3.05. The van der Waals surface area contributed by atoms with Crippen molar-refractivity contribution in [3.05, 3.63) is 0 Å². The molecule has 0 amide bonds. The van der Waals surface area contributed by atoms with Gasteiger partial charge in [0, 0.05) is 0 Å². The van der Waals surface area contributed by atoms with E-state index in [4.69, 9.17) is 0 Å². The van der Waals surface area contributed by atoms with Crippen LogP contribution >= 0.6 is 0 Å². The second kappa shape index (κ2) is 4.35. The number of ketones is 2. The van der Waals surface area contributed by atoms with Crippen LogP contribution in [0.5, 0.6) is 0 Å². The van der Waals surface area contributed by atoms with Gasteiger partial charge in [0.2, 0.25) is 0 Å². The van der Waals surface area contributed by atoms with Crippen LogP contribution in [0.1, 0.15) is 53.4 Å². The normalized spacial score (nSPS) is 49.3. The van der Waals surface area contributed by atoms with Gasteiger partial charge in [-0.15, -0.1) is 0 Å². The number of Topliss-reactive ketones (excluding diaryl/α,β-unsaturated/α-hetero) is 2. The van der Waals surface area contributed by atoms with E-state index < -0.39 is 20.9 Å². The first kappa shape index (κ1) is 14.7. The topological polar surface area (TPSA) is 34.1 Å². The zero-order valence-corrected chi connectivity index (χ0v) is 15.8. The molecule has 0 unspecified atom stereocenters. The van der Waals surface area contributed by atoms with Crippen molar-refractivity contribution in [1.29, 1.82) is 0 Å². The van der Waals surface area contributed by atoms with Gasteiger partial charge in [-0.05, 0) is 0 Å². The molecule has 0 aromatic rings. The molecule has 4 saturated carbocycles. The van der Waals surface area contributed by atoms with Crippen LogP contribution in [0.3, 0.4) is 0 Å². The van der Waals surface area contributed by atoms with E-state index in [0.29, 0.717) is 43.2 Å². The summed E-state index contributed by atoms with van der Waals surface area (Å²) in [6.45, 7) is 9.19. The second-order valence-electron chi connectivity index (χ2n) is 8.90. The van der Waals surface area contributed by atoms with Crippen molar-refractivity contribution in [1.82, 2.24) is 0 Å². The van der Waals surface area contributed by atoms with E-state index in [1.54, 1.807) is 0 Å². The van der Waals surface area contributed by atoms with Gasteiger partial charge >= 0.3 is 138 Å². The van der Waals surface area contributed by atoms with Crippen molar-refractivity contribution in [3.63, 3.8) is 0 Å². The Morgan fingerprint density at radius 3 is 1.43 bits per heavy atom. The fraction of sp³-hybridized carbons (Fsp3) is 0.889. The van der Waals surface area contributed by atoms with Gasteiger partial charge in [-0.3, -0.25) is 0 Å². The van der Waals surface area contributed by atoms with Crippen molar-refractivity contribution in [2.45, 2.75) is 61.3 Å². The van der Waals surface area contributed by atoms with Crippen molar-refractivity contribution in [2.75, 3.05) is 0 Å². The number of hydrogen-bond acceptors (Lipinski definition) is 2. The first-order valence-corrected chi connectivity index (χ1v) is 11.2. The molecule has 2 nitrogen and oxygen atoms in total. The summed E-state index contributed by atoms with van der Waals surface area (Å²) in [4.78, 5) is 25.5. The Morgan fingerprint density at radius 2 is 1.14 bits per heavy atom. The van der Waals surface area contributed by atoms with Crippen LogP contribution in [0, 0.1) is 34.5 Å². The van der Waals surface area contributed by atoms with Crippen molar-refractivity contribution >= 4 is 32.5 Å². The number of carbonyl (C=O) groups excluding carboxylic acids is 2. The van der Waals surface area contributed by atoms with Crippen LogP contribution in [0.4, 0.5) is 0 Å². The van der Waals surface area contributed by atoms with Gasteiger partial charge < -0.3 is 0 Å². The molecule has 0 spiro atoms. The van der Waals surface area contributed by atoms with Crippen LogP contribution in [0.25, 0.3) is 0 Å². The Hall–Kier alpha value is 0.130. The summed E-state index contributed by atoms with van der Waals surface area (Å²) in [5, 5.41) is 0. The maximum atomic E-state index is 12.8. The molecule has 4 aliphatic carbocycles. The van der Waals surface area contributed by atoms with Crippen molar-refractivity contribution in [3.8, 4) is 0 Å². The summed E-state index contributed by atoms with van der Waals surface area (Å²) < 4.78 is 0.626. The van der Waals surface area contributed by atoms with Crippen molar-refractivity contribution < 1.29 is 9.59 Å². The van der Waals surface area contributed by atoms with Crippen LogP contribution in [-0.4, -0.2) is 32.5 Å². The first-order chi connectivity index (χ1) is 9.76. The number of carbonyl (C=O) groups is 2. The summed E-state index contributed by atoms with van der Waals surface area (Å²) in [6.07, 6.45) is 4.68. The third-order valence-electron chi connectivity index (χ3n) is 7.51. The molecule has 4 bridgehead atoms. The van der Waals surface area contributed by atoms with E-state index in [-0.39, 0.29) is 10.8 Å². The average molecular weight is 402 g/mol. The summed E-state index contributed by atoms with van der Waals surface area (Å²) in [6, 6.07) is 0. The molecule has 3 heteroatoms. The van der Waals surface area contributed by atoms with E-state index in [0.717, 1.165) is 12.8 Å². The summed E-state index contributed by atoms with van der Waals surface area (Å²) in [5.41, 5.74) is 0.422. The van der Waals surface area contributed by atoms with Crippen LogP contribution in [0.2, 0.25) is 7.93 Å². The average Bonchev–Trinajstić information content (AvgIpc) is 2.97. The van der Waals surface area contributed by atoms with Gasteiger partial charge in [-0.1, -0.05) is 0 Å². The minimum absolute atomic E-state index is 0.211. The number of hydrogen-bond donors (Lipinski definition) is 0. The van der Waals surface area contributed by atoms with Crippen LogP contribution in [-0.2, 0) is 9.59 Å². The molecule has 0 aromatic heterocycles. The van der Waals surface area contributed by atoms with Crippen LogP contribution < -0.4 is 0 Å². The monoisotopic (exact) mass is 404 g/mol. The van der Waals surface area contributed by atoms with Gasteiger partial charge in [0.25, 0.3) is 0 Å². The van der Waals surface area contributed by atoms with Gasteiger partial charge in [0.05, 0.1) is 0 Å². The van der Waals surface area contributed by atoms with Crippen molar-refractivity contribution in [2.24, 2.45) is 34.5 Å². The van der Waals surface area contributed by atoms with E-state index in [2.05, 4.69) is 27.7 Å². The molecule has 6 atom stereocenters. The number of rotatable bonds is 2. The van der Waals surface area contributed by atoms with Crippen LogP contribution in [0.15, 0.2) is 0 Å². The summed E-state index contributed by atoms with van der Waals surface area (Å²) in [5.74, 6) is 2.89. The molecular weight excluding hydrogens is 376 g/mol. The molecule has 0 aliphatic heterocycles. The predicted octanol–water partition coefficient (Wildman–Crippen LogP) is 3.54. The third-order valence-corrected chi connectivity index (χ3v) is 12.4. The molecule has 0 N–H and O–H groups in total. The van der Waals surface area contributed by atoms with E-state index >= 15 is 0 Å². The molecule has 116 valence electrons. The Balaban J connectivity index is 1.58. The molecule has 4 rings (SSSR count). The fourth-order valence-corrected chi connectivity index (χ4v) is 12.5. The maximum absolute atomic E-state index is 12.8. The second-order valence-corrected chi connectivity index (χ2v) is 12.6. The predicted molar refractivity (Wildman–Crippen MR) is 83.3 cm³/mol. The standard InChI is InChI=1S/C18H26O2Te/c1-17(2)9-5-7-11(17)15(13(9)19)21-16-12-8-6-10(14(16)20)18(12,3)4/h9-12,15-16H,5-8H2,1-4H3/t9-,10-,11+,12+,15-,16-/m0/s1. The molecule has 0 heterocycles. The Bertz CT molecular complexity index is 475. The fourth-order valence-electron chi connectivity index (χ4n) is 6.07. The van der Waals surface area contributed by atoms with E-state index in [9.17, 15) is 9.59 Å². The Labute approximate surface area is 137 Å². The van der Waals surface area contributed by atoms with E-state index in [1.807, 2.05) is 0 Å². The van der Waals surface area contributed by atoms with E-state index in [1.165, 1.54) is 12.8 Å². The number of fused-ring (bicyclic) bond motifs is 4. The van der Waals surface area contributed by atoms with Gasteiger partial charge in [0.15, 0.2) is 0 Å². The molecule has 0 radical (unpaired) electrons. The molecule has 21 heavy (non-hydrogen) atoms. The molecular formula is C18H26O2Te. The summed E-state index contributed by atoms with van der Waals surface area (Å²) >= 11 is -0.528. The first-order valence-electron chi connectivity index (χ1n) is 8.49. The van der Waals surface area contributed by atoms with Gasteiger partial charge in [0.1, 0.15) is 0 Å². The SMILES string of the molecule is CC1(C)[C@@H]2CC[C@H]1C(=O)[C@H]2[Te][C@@H]1C(=O)[C@@H]2CC[C@H]1C2(C)C. The van der Waals surface area contributed by atoms with Gasteiger partial charge in [-0.25, -0.2) is 0 Å². The zero-order chi connectivity index (χ0) is 15.2.